The molecule has 3 heteroatoms. The Labute approximate surface area is 185 Å². The molecule has 1 unspecified atom stereocenters. The number of allylic oxidation sites excluding steroid dienone is 1. The van der Waals surface area contributed by atoms with Crippen molar-refractivity contribution in [1.82, 2.24) is 0 Å². The number of anilines is 2. The topological polar surface area (TPSA) is 24.5 Å². The van der Waals surface area contributed by atoms with Crippen LogP contribution in [0.4, 0.5) is 11.4 Å². The molecule has 5 rings (SSSR count). The third-order valence-electron chi connectivity index (χ3n) is 6.84. The molecule has 0 bridgehead atoms. The summed E-state index contributed by atoms with van der Waals surface area (Å²) in [6, 6.07) is 22.0. The minimum absolute atomic E-state index is 0.261. The molecule has 0 amide bonds. The van der Waals surface area contributed by atoms with Crippen molar-refractivity contribution >= 4 is 16.9 Å². The van der Waals surface area contributed by atoms with Crippen molar-refractivity contribution in [1.29, 1.82) is 0 Å². The second kappa shape index (κ2) is 7.49. The third kappa shape index (κ3) is 2.87. The van der Waals surface area contributed by atoms with Crippen LogP contribution >= 0.6 is 0 Å². The van der Waals surface area contributed by atoms with E-state index in [2.05, 4.69) is 98.2 Å². The molecule has 1 spiro atoms. The summed E-state index contributed by atoms with van der Waals surface area (Å²) in [6.45, 7) is 13.8. The van der Waals surface area contributed by atoms with Gasteiger partial charge in [0.15, 0.2) is 0 Å². The van der Waals surface area contributed by atoms with Crippen molar-refractivity contribution in [3.63, 3.8) is 0 Å². The van der Waals surface area contributed by atoms with Gasteiger partial charge in [-0.3, -0.25) is 0 Å². The molecule has 2 aliphatic rings. The maximum absolute atomic E-state index is 6.58. The number of rotatable bonds is 5. The Morgan fingerprint density at radius 3 is 2.35 bits per heavy atom. The molecule has 0 radical (unpaired) electrons. The van der Waals surface area contributed by atoms with Crippen LogP contribution in [-0.2, 0) is 5.41 Å². The lowest BCUT2D eigenvalue weighted by Crippen LogP contribution is -2.31. The first-order chi connectivity index (χ1) is 15.1. The van der Waals surface area contributed by atoms with E-state index < -0.39 is 0 Å². The molecule has 0 aromatic heterocycles. The van der Waals surface area contributed by atoms with Crippen LogP contribution in [0.25, 0.3) is 5.57 Å². The summed E-state index contributed by atoms with van der Waals surface area (Å²) in [6.07, 6.45) is 0.876. The number of nitrogens with one attached hydrogen (secondary N) is 1. The van der Waals surface area contributed by atoms with Crippen molar-refractivity contribution < 1.29 is 4.74 Å². The van der Waals surface area contributed by atoms with Gasteiger partial charge in [-0.25, -0.2) is 0 Å². The number of ether oxygens (including phenoxy) is 1. The molecule has 0 saturated carbocycles. The summed E-state index contributed by atoms with van der Waals surface area (Å²) in [4.78, 5) is 2.36. The van der Waals surface area contributed by atoms with E-state index in [-0.39, 0.29) is 5.41 Å². The van der Waals surface area contributed by atoms with Gasteiger partial charge in [0, 0.05) is 54.3 Å². The first-order valence-electron chi connectivity index (χ1n) is 11.4. The second-order valence-electron chi connectivity index (χ2n) is 8.43. The predicted molar refractivity (Wildman–Crippen MR) is 131 cm³/mol. The Bertz CT molecular complexity index is 1160. The van der Waals surface area contributed by atoms with E-state index in [0.717, 1.165) is 43.2 Å². The summed E-state index contributed by atoms with van der Waals surface area (Å²) in [7, 11) is 0. The normalized spacial score (nSPS) is 18.2. The van der Waals surface area contributed by atoms with Crippen molar-refractivity contribution in [3.05, 3.63) is 89.5 Å². The minimum Gasteiger partial charge on any atom is -0.457 e. The monoisotopic (exact) mass is 410 g/mol. The highest BCUT2D eigenvalue weighted by Crippen LogP contribution is 2.60. The van der Waals surface area contributed by atoms with Crippen molar-refractivity contribution in [3.8, 4) is 11.5 Å². The van der Waals surface area contributed by atoms with E-state index in [9.17, 15) is 0 Å². The lowest BCUT2D eigenvalue weighted by molar-refractivity contribution is 0.423. The maximum atomic E-state index is 6.58. The van der Waals surface area contributed by atoms with E-state index in [1.54, 1.807) is 0 Å². The number of fused-ring (bicyclic) bond motifs is 6. The molecule has 3 aromatic carbocycles. The van der Waals surface area contributed by atoms with Gasteiger partial charge >= 0.3 is 0 Å². The predicted octanol–water partition coefficient (Wildman–Crippen LogP) is 6.82. The molecule has 3 nitrogen and oxygen atoms in total. The summed E-state index contributed by atoms with van der Waals surface area (Å²) in [5.74, 6) is 1.89. The maximum Gasteiger partial charge on any atom is 0.133 e. The minimum atomic E-state index is -0.261. The van der Waals surface area contributed by atoms with Crippen LogP contribution in [0, 0.1) is 0 Å². The number of nitrogens with zero attached hydrogens (tertiary/aromatic N) is 1. The molecule has 31 heavy (non-hydrogen) atoms. The van der Waals surface area contributed by atoms with E-state index in [4.69, 9.17) is 4.74 Å². The van der Waals surface area contributed by atoms with Gasteiger partial charge < -0.3 is 15.0 Å². The molecular formula is C28H30N2O. The fraction of sp³-hybridized carbons (Fsp3) is 0.286. The average molecular weight is 411 g/mol. The molecule has 1 aliphatic heterocycles. The standard InChI is InChI=1S/C28H30N2O/c1-5-29-20-12-14-24-26(16-20)31-27-17-21(30(6-2)7-3)13-15-25(27)28(24)18-19(4)22-10-8-9-11-23(22)28/h8-17,29H,4-7,18H2,1-3H3. The Morgan fingerprint density at radius 2 is 1.61 bits per heavy atom. The fourth-order valence-electron chi connectivity index (χ4n) is 5.43. The lowest BCUT2D eigenvalue weighted by atomic mass is 9.68. The Kier molecular flexibility index (Phi) is 4.77. The molecule has 1 aliphatic carbocycles. The number of hydrogen-bond donors (Lipinski definition) is 1. The SMILES string of the molecule is C=C1CC2(c3ccc(NCC)cc3Oc3cc(N(CC)CC)ccc32)c2ccccc21. The van der Waals surface area contributed by atoms with Crippen LogP contribution in [0.15, 0.2) is 67.2 Å². The van der Waals surface area contributed by atoms with E-state index in [0.29, 0.717) is 0 Å². The van der Waals surface area contributed by atoms with E-state index >= 15 is 0 Å². The largest absolute Gasteiger partial charge is 0.457 e. The number of benzene rings is 3. The van der Waals surface area contributed by atoms with Crippen molar-refractivity contribution in [2.75, 3.05) is 29.9 Å². The van der Waals surface area contributed by atoms with Crippen LogP contribution in [0.3, 0.4) is 0 Å². The Morgan fingerprint density at radius 1 is 0.903 bits per heavy atom. The summed E-state index contributed by atoms with van der Waals surface area (Å²) in [5.41, 5.74) is 8.28. The van der Waals surface area contributed by atoms with Crippen molar-refractivity contribution in [2.24, 2.45) is 0 Å². The van der Waals surface area contributed by atoms with Gasteiger partial charge in [0.2, 0.25) is 0 Å². The highest BCUT2D eigenvalue weighted by molar-refractivity contribution is 5.82. The van der Waals surface area contributed by atoms with Gasteiger partial charge in [0.25, 0.3) is 0 Å². The molecule has 1 atom stereocenters. The highest BCUT2D eigenvalue weighted by atomic mass is 16.5. The zero-order valence-electron chi connectivity index (χ0n) is 18.7. The van der Waals surface area contributed by atoms with Crippen LogP contribution in [0.1, 0.15) is 49.4 Å². The molecule has 1 N–H and O–H groups in total. The van der Waals surface area contributed by atoms with Gasteiger partial charge in [-0.15, -0.1) is 0 Å². The van der Waals surface area contributed by atoms with Gasteiger partial charge in [-0.05, 0) is 56.0 Å². The first kappa shape index (κ1) is 19.7. The molecule has 158 valence electrons. The van der Waals surface area contributed by atoms with E-state index in [1.807, 2.05) is 0 Å². The van der Waals surface area contributed by atoms with Crippen LogP contribution in [0.5, 0.6) is 11.5 Å². The molecular weight excluding hydrogens is 380 g/mol. The summed E-state index contributed by atoms with van der Waals surface area (Å²) < 4.78 is 6.58. The molecule has 0 saturated heterocycles. The lowest BCUT2D eigenvalue weighted by Gasteiger charge is -2.39. The van der Waals surface area contributed by atoms with Gasteiger partial charge in [-0.1, -0.05) is 43.0 Å². The average Bonchev–Trinajstić information content (AvgIpc) is 3.08. The molecule has 3 aromatic rings. The summed E-state index contributed by atoms with van der Waals surface area (Å²) >= 11 is 0. The Hall–Kier alpha value is -3.20. The van der Waals surface area contributed by atoms with Gasteiger partial charge in [0.1, 0.15) is 11.5 Å². The highest BCUT2D eigenvalue weighted by Gasteiger charge is 2.49. The van der Waals surface area contributed by atoms with Crippen LogP contribution in [-0.4, -0.2) is 19.6 Å². The van der Waals surface area contributed by atoms with E-state index in [1.165, 1.54) is 33.5 Å². The fourth-order valence-corrected chi connectivity index (χ4v) is 5.43. The summed E-state index contributed by atoms with van der Waals surface area (Å²) in [5, 5.41) is 3.43. The van der Waals surface area contributed by atoms with Gasteiger partial charge in [-0.2, -0.15) is 0 Å². The zero-order valence-corrected chi connectivity index (χ0v) is 18.7. The van der Waals surface area contributed by atoms with Crippen molar-refractivity contribution in [2.45, 2.75) is 32.6 Å². The van der Waals surface area contributed by atoms with Gasteiger partial charge in [0.05, 0.1) is 5.41 Å². The third-order valence-corrected chi connectivity index (χ3v) is 6.84. The zero-order chi connectivity index (χ0) is 21.6. The number of hydrogen-bond acceptors (Lipinski definition) is 3. The first-order valence-corrected chi connectivity index (χ1v) is 11.4. The smallest absolute Gasteiger partial charge is 0.133 e. The molecule has 1 heterocycles. The Balaban J connectivity index is 1.77. The molecule has 0 fully saturated rings. The quantitative estimate of drug-likeness (QED) is 0.499. The van der Waals surface area contributed by atoms with Crippen LogP contribution in [0.2, 0.25) is 0 Å². The van der Waals surface area contributed by atoms with Crippen LogP contribution < -0.4 is 15.0 Å². The second-order valence-corrected chi connectivity index (χ2v) is 8.43.